The number of phenols is 1. The maximum Gasteiger partial charge on any atom is 0.278 e. The Labute approximate surface area is 135 Å². The summed E-state index contributed by atoms with van der Waals surface area (Å²) in [6.07, 6.45) is 0. The molecule has 0 bridgehead atoms. The van der Waals surface area contributed by atoms with E-state index in [2.05, 4.69) is 0 Å². The van der Waals surface area contributed by atoms with E-state index in [-0.39, 0.29) is 16.4 Å². The third-order valence-corrected chi connectivity index (χ3v) is 5.08. The lowest BCUT2D eigenvalue weighted by molar-refractivity contribution is -0.383. The number of rotatable bonds is 2. The fourth-order valence-corrected chi connectivity index (χ4v) is 4.09. The quantitative estimate of drug-likeness (QED) is 0.400. The van der Waals surface area contributed by atoms with E-state index >= 15 is 0 Å². The molecule has 0 aliphatic heterocycles. The third-order valence-electron chi connectivity index (χ3n) is 3.88. The molecule has 5 heteroatoms. The molecule has 1 aromatic heterocycles. The first kappa shape index (κ1) is 13.7. The lowest BCUT2D eigenvalue weighted by atomic mass is 10.0. The average Bonchev–Trinajstić information content (AvgIpc) is 2.94. The van der Waals surface area contributed by atoms with Crippen molar-refractivity contribution in [2.45, 2.75) is 0 Å². The summed E-state index contributed by atoms with van der Waals surface area (Å²) in [4.78, 5) is 11.1. The number of hydrogen-bond acceptors (Lipinski definition) is 4. The first-order valence-electron chi connectivity index (χ1n) is 7.03. The molecule has 1 heterocycles. The molecule has 0 saturated heterocycles. The topological polar surface area (TPSA) is 63.4 Å². The summed E-state index contributed by atoms with van der Waals surface area (Å²) in [5.74, 6) is 0.197. The number of phenolic OH excluding ortho intramolecular Hbond substituents is 1. The Morgan fingerprint density at radius 2 is 1.70 bits per heavy atom. The van der Waals surface area contributed by atoms with Crippen LogP contribution < -0.4 is 0 Å². The summed E-state index contributed by atoms with van der Waals surface area (Å²) in [6, 6.07) is 17.9. The molecular weight excluding hydrogens is 310 g/mol. The molecule has 0 atom stereocenters. The maximum absolute atomic E-state index is 11.4. The van der Waals surface area contributed by atoms with Gasteiger partial charge in [0.05, 0.1) is 15.0 Å². The van der Waals surface area contributed by atoms with Crippen LogP contribution in [0.15, 0.2) is 60.7 Å². The van der Waals surface area contributed by atoms with Gasteiger partial charge in [0.2, 0.25) is 0 Å². The van der Waals surface area contributed by atoms with Gasteiger partial charge in [-0.15, -0.1) is 11.3 Å². The van der Waals surface area contributed by atoms with Gasteiger partial charge in [-0.3, -0.25) is 10.1 Å². The van der Waals surface area contributed by atoms with Crippen LogP contribution in [0.3, 0.4) is 0 Å². The Morgan fingerprint density at radius 1 is 0.957 bits per heavy atom. The van der Waals surface area contributed by atoms with E-state index in [0.29, 0.717) is 5.39 Å². The Morgan fingerprint density at radius 3 is 2.43 bits per heavy atom. The molecule has 4 aromatic rings. The molecule has 23 heavy (non-hydrogen) atoms. The van der Waals surface area contributed by atoms with Crippen LogP contribution in [0.5, 0.6) is 5.75 Å². The summed E-state index contributed by atoms with van der Waals surface area (Å²) < 4.78 is 1.92. The van der Waals surface area contributed by atoms with Gasteiger partial charge in [-0.05, 0) is 29.8 Å². The first-order chi connectivity index (χ1) is 11.1. The molecule has 1 N–H and O–H groups in total. The highest BCUT2D eigenvalue weighted by atomic mass is 32.1. The van der Waals surface area contributed by atoms with E-state index in [1.54, 1.807) is 35.6 Å². The molecule has 0 radical (unpaired) electrons. The SMILES string of the molecule is O=[N+]([O-])c1ccc(-c2ccc(O)cc2)c2sc3ccccc3c12. The van der Waals surface area contributed by atoms with E-state index in [0.717, 1.165) is 25.9 Å². The van der Waals surface area contributed by atoms with Gasteiger partial charge in [0.25, 0.3) is 5.69 Å². The number of nitrogens with zero attached hydrogens (tertiary/aromatic N) is 1. The molecule has 0 fully saturated rings. The highest BCUT2D eigenvalue weighted by molar-refractivity contribution is 7.26. The molecule has 0 aliphatic rings. The Kier molecular flexibility index (Phi) is 3.02. The molecule has 3 aromatic carbocycles. The molecule has 0 saturated carbocycles. The number of thiophene rings is 1. The summed E-state index contributed by atoms with van der Waals surface area (Å²) >= 11 is 1.55. The lowest BCUT2D eigenvalue weighted by Crippen LogP contribution is -1.89. The number of benzene rings is 3. The fourth-order valence-electron chi connectivity index (χ4n) is 2.83. The zero-order valence-corrected chi connectivity index (χ0v) is 12.7. The van der Waals surface area contributed by atoms with Gasteiger partial charge in [-0.2, -0.15) is 0 Å². The number of aromatic hydroxyl groups is 1. The van der Waals surface area contributed by atoms with E-state index in [1.165, 1.54) is 0 Å². The molecule has 0 spiro atoms. The molecule has 4 nitrogen and oxygen atoms in total. The van der Waals surface area contributed by atoms with Crippen LogP contribution in [0.1, 0.15) is 0 Å². The minimum Gasteiger partial charge on any atom is -0.508 e. The van der Waals surface area contributed by atoms with E-state index in [9.17, 15) is 15.2 Å². The zero-order valence-electron chi connectivity index (χ0n) is 11.9. The lowest BCUT2D eigenvalue weighted by Gasteiger charge is -2.04. The summed E-state index contributed by atoms with van der Waals surface area (Å²) in [5.41, 5.74) is 1.99. The maximum atomic E-state index is 11.4. The van der Waals surface area contributed by atoms with Gasteiger partial charge in [0.1, 0.15) is 5.75 Å². The number of hydrogen-bond donors (Lipinski definition) is 1. The Hall–Kier alpha value is -2.92. The number of nitro groups is 1. The molecule has 0 amide bonds. The van der Waals surface area contributed by atoms with Crippen LogP contribution in [0, 0.1) is 10.1 Å². The number of non-ortho nitro benzene ring substituents is 1. The van der Waals surface area contributed by atoms with E-state index in [1.807, 2.05) is 36.4 Å². The van der Waals surface area contributed by atoms with Crippen molar-refractivity contribution >= 4 is 37.2 Å². The van der Waals surface area contributed by atoms with Crippen molar-refractivity contribution in [2.75, 3.05) is 0 Å². The Bertz CT molecular complexity index is 1050. The second kappa shape index (κ2) is 5.07. The van der Waals surface area contributed by atoms with Crippen molar-refractivity contribution < 1.29 is 10.0 Å². The largest absolute Gasteiger partial charge is 0.508 e. The van der Waals surface area contributed by atoms with Crippen LogP contribution in [-0.4, -0.2) is 10.0 Å². The van der Waals surface area contributed by atoms with Crippen molar-refractivity contribution in [3.05, 3.63) is 70.8 Å². The first-order valence-corrected chi connectivity index (χ1v) is 7.85. The van der Waals surface area contributed by atoms with Crippen molar-refractivity contribution in [3.8, 4) is 16.9 Å². The molecular formula is C18H11NO3S. The zero-order chi connectivity index (χ0) is 16.0. The van der Waals surface area contributed by atoms with Gasteiger partial charge >= 0.3 is 0 Å². The summed E-state index contributed by atoms with van der Waals surface area (Å²) in [7, 11) is 0. The minimum atomic E-state index is -0.331. The van der Waals surface area contributed by atoms with Crippen LogP contribution >= 0.6 is 11.3 Å². The molecule has 0 aliphatic carbocycles. The minimum absolute atomic E-state index is 0.125. The second-order valence-corrected chi connectivity index (χ2v) is 6.29. The van der Waals surface area contributed by atoms with Crippen molar-refractivity contribution in [1.82, 2.24) is 0 Å². The van der Waals surface area contributed by atoms with Crippen molar-refractivity contribution in [2.24, 2.45) is 0 Å². The van der Waals surface area contributed by atoms with Gasteiger partial charge < -0.3 is 5.11 Å². The van der Waals surface area contributed by atoms with Crippen LogP contribution in [0.25, 0.3) is 31.3 Å². The monoisotopic (exact) mass is 321 g/mol. The van der Waals surface area contributed by atoms with Gasteiger partial charge in [-0.25, -0.2) is 0 Å². The predicted octanol–water partition coefficient (Wildman–Crippen LogP) is 5.34. The highest BCUT2D eigenvalue weighted by Crippen LogP contribution is 2.44. The number of nitro benzene ring substituents is 1. The van der Waals surface area contributed by atoms with Crippen LogP contribution in [-0.2, 0) is 0 Å². The molecule has 0 unspecified atom stereocenters. The fraction of sp³-hybridized carbons (Fsp3) is 0. The predicted molar refractivity (Wildman–Crippen MR) is 93.1 cm³/mol. The normalized spacial score (nSPS) is 11.1. The molecule has 112 valence electrons. The van der Waals surface area contributed by atoms with E-state index < -0.39 is 0 Å². The van der Waals surface area contributed by atoms with Gasteiger partial charge in [0.15, 0.2) is 0 Å². The molecule has 4 rings (SSSR count). The van der Waals surface area contributed by atoms with Crippen LogP contribution in [0.2, 0.25) is 0 Å². The number of fused-ring (bicyclic) bond motifs is 3. The van der Waals surface area contributed by atoms with Gasteiger partial charge in [-0.1, -0.05) is 30.3 Å². The highest BCUT2D eigenvalue weighted by Gasteiger charge is 2.20. The summed E-state index contributed by atoms with van der Waals surface area (Å²) in [6.45, 7) is 0. The van der Waals surface area contributed by atoms with E-state index in [4.69, 9.17) is 0 Å². The summed E-state index contributed by atoms with van der Waals surface area (Å²) in [5, 5.41) is 22.5. The average molecular weight is 321 g/mol. The van der Waals surface area contributed by atoms with Crippen LogP contribution in [0.4, 0.5) is 5.69 Å². The smallest absolute Gasteiger partial charge is 0.278 e. The Balaban J connectivity index is 2.13. The van der Waals surface area contributed by atoms with Gasteiger partial charge in [0, 0.05) is 21.7 Å². The standard InChI is InChI=1S/C18H11NO3S/c20-12-7-5-11(6-8-12)13-9-10-15(19(21)22)17-14-3-1-2-4-16(14)23-18(13)17/h1-10,20H. The second-order valence-electron chi connectivity index (χ2n) is 5.24. The van der Waals surface area contributed by atoms with Crippen molar-refractivity contribution in [3.63, 3.8) is 0 Å². The van der Waals surface area contributed by atoms with Crippen molar-refractivity contribution in [1.29, 1.82) is 0 Å². The third kappa shape index (κ3) is 2.13.